The van der Waals surface area contributed by atoms with Gasteiger partial charge >= 0.3 is 76.0 Å². The number of hydrogen-bond acceptors (Lipinski definition) is 0. The summed E-state index contributed by atoms with van der Waals surface area (Å²) in [5.41, 5.74) is 0. The maximum absolute atomic E-state index is 2.41. The van der Waals surface area contributed by atoms with Crippen molar-refractivity contribution < 1.29 is 15.0 Å². The van der Waals surface area contributed by atoms with Crippen molar-refractivity contribution in [2.24, 2.45) is 0 Å². The molecule has 0 atom stereocenters. The Kier molecular flexibility index (Phi) is 2.93. The van der Waals surface area contributed by atoms with Crippen LogP contribution in [0.4, 0.5) is 0 Å². The van der Waals surface area contributed by atoms with Gasteiger partial charge in [-0.25, -0.2) is 0 Å². The average Bonchev–Trinajstić information content (AvgIpc) is 2.60. The SMILES string of the molecule is C1CC[CH]([Cu][CH]2CCCC2)C1. The second kappa shape index (κ2) is 3.96. The summed E-state index contributed by atoms with van der Waals surface area (Å²) in [4.78, 5) is 2.09. The van der Waals surface area contributed by atoms with Crippen molar-refractivity contribution in [2.75, 3.05) is 0 Å². The Labute approximate surface area is 76.3 Å². The third-order valence-electron chi connectivity index (χ3n) is 2.77. The number of hydrogen-bond donors (Lipinski definition) is 0. The van der Waals surface area contributed by atoms with E-state index in [4.69, 9.17) is 0 Å². The summed E-state index contributed by atoms with van der Waals surface area (Å²) in [5, 5.41) is 0. The molecule has 0 spiro atoms. The van der Waals surface area contributed by atoms with Gasteiger partial charge in [0.25, 0.3) is 0 Å². The van der Waals surface area contributed by atoms with Crippen LogP contribution in [0.2, 0.25) is 9.63 Å². The molecule has 2 saturated carbocycles. The van der Waals surface area contributed by atoms with E-state index in [0.29, 0.717) is 0 Å². The normalized spacial score (nSPS) is 28.7. The van der Waals surface area contributed by atoms with E-state index in [0.717, 1.165) is 9.63 Å². The van der Waals surface area contributed by atoms with Crippen LogP contribution in [0.5, 0.6) is 0 Å². The van der Waals surface area contributed by atoms with E-state index < -0.39 is 0 Å². The minimum absolute atomic E-state index is 1.04. The van der Waals surface area contributed by atoms with Crippen LogP contribution in [0.25, 0.3) is 0 Å². The predicted octanol–water partition coefficient (Wildman–Crippen LogP) is 3.79. The number of rotatable bonds is 2. The fraction of sp³-hybridized carbons (Fsp3) is 1.00. The Morgan fingerprint density at radius 1 is 0.636 bits per heavy atom. The molecule has 0 nitrogen and oxygen atoms in total. The molecule has 69 valence electrons. The second-order valence-electron chi connectivity index (χ2n) is 3.74. The summed E-state index contributed by atoms with van der Waals surface area (Å²) in [5.74, 6) is 0. The van der Waals surface area contributed by atoms with Gasteiger partial charge < -0.3 is 0 Å². The summed E-state index contributed by atoms with van der Waals surface area (Å²) >= 11 is 2.41. The summed E-state index contributed by atoms with van der Waals surface area (Å²) in [6.07, 6.45) is 12.0. The van der Waals surface area contributed by atoms with Gasteiger partial charge in [-0.15, -0.1) is 0 Å². The summed E-state index contributed by atoms with van der Waals surface area (Å²) in [6, 6.07) is 0. The van der Waals surface area contributed by atoms with Crippen LogP contribution in [0, 0.1) is 0 Å². The third kappa shape index (κ3) is 2.23. The second-order valence-corrected chi connectivity index (χ2v) is 5.59. The Bertz CT molecular complexity index is 96.0. The molecule has 0 aliphatic heterocycles. The van der Waals surface area contributed by atoms with Crippen molar-refractivity contribution >= 4 is 0 Å². The molecule has 0 bridgehead atoms. The van der Waals surface area contributed by atoms with Gasteiger partial charge in [-0.05, 0) is 0 Å². The van der Waals surface area contributed by atoms with Gasteiger partial charge in [-0.2, -0.15) is 0 Å². The van der Waals surface area contributed by atoms with Crippen molar-refractivity contribution in [1.29, 1.82) is 0 Å². The van der Waals surface area contributed by atoms with Crippen LogP contribution >= 0.6 is 0 Å². The molecule has 0 saturated heterocycles. The molecule has 0 N–H and O–H groups in total. The fourth-order valence-electron chi connectivity index (χ4n) is 2.09. The molecule has 0 radical (unpaired) electrons. The Hall–Kier alpha value is 0.519. The monoisotopic (exact) mass is 201 g/mol. The zero-order valence-electron chi connectivity index (χ0n) is 7.11. The van der Waals surface area contributed by atoms with Crippen molar-refractivity contribution in [3.05, 3.63) is 0 Å². The molecular weight excluding hydrogens is 184 g/mol. The first-order chi connectivity index (χ1) is 5.45. The quantitative estimate of drug-likeness (QED) is 0.597. The Morgan fingerprint density at radius 2 is 1.00 bits per heavy atom. The Morgan fingerprint density at radius 3 is 1.36 bits per heavy atom. The molecule has 2 rings (SSSR count). The van der Waals surface area contributed by atoms with Crippen LogP contribution in [0.15, 0.2) is 0 Å². The molecule has 0 aromatic rings. The molecule has 0 amide bonds. The molecular formula is C10H18Cu. The van der Waals surface area contributed by atoms with Gasteiger partial charge in [-0.1, -0.05) is 0 Å². The van der Waals surface area contributed by atoms with Gasteiger partial charge in [0.15, 0.2) is 0 Å². The molecule has 0 aromatic heterocycles. The molecule has 2 aliphatic rings. The van der Waals surface area contributed by atoms with Gasteiger partial charge in [0.1, 0.15) is 0 Å². The molecule has 2 fully saturated rings. The zero-order chi connectivity index (χ0) is 7.52. The van der Waals surface area contributed by atoms with E-state index >= 15 is 0 Å². The summed E-state index contributed by atoms with van der Waals surface area (Å²) in [7, 11) is 0. The van der Waals surface area contributed by atoms with Crippen molar-refractivity contribution in [2.45, 2.75) is 61.0 Å². The molecule has 0 unspecified atom stereocenters. The van der Waals surface area contributed by atoms with Crippen LogP contribution in [-0.4, -0.2) is 0 Å². The summed E-state index contributed by atoms with van der Waals surface area (Å²) < 4.78 is 0. The predicted molar refractivity (Wildman–Crippen MR) is 44.4 cm³/mol. The van der Waals surface area contributed by atoms with Crippen molar-refractivity contribution in [1.82, 2.24) is 0 Å². The van der Waals surface area contributed by atoms with E-state index in [1.54, 1.807) is 0 Å². The topological polar surface area (TPSA) is 0 Å². The third-order valence-corrected chi connectivity index (χ3v) is 4.74. The molecule has 0 aromatic carbocycles. The van der Waals surface area contributed by atoms with Crippen LogP contribution in [0.3, 0.4) is 0 Å². The first kappa shape index (κ1) is 8.13. The van der Waals surface area contributed by atoms with Gasteiger partial charge in [0.05, 0.1) is 0 Å². The first-order valence-electron chi connectivity index (χ1n) is 4.98. The van der Waals surface area contributed by atoms with Crippen LogP contribution in [0.1, 0.15) is 51.4 Å². The molecule has 0 heterocycles. The van der Waals surface area contributed by atoms with E-state index in [1.807, 2.05) is 0 Å². The van der Waals surface area contributed by atoms with E-state index in [-0.39, 0.29) is 0 Å². The molecule has 1 heteroatoms. The zero-order valence-corrected chi connectivity index (χ0v) is 8.05. The van der Waals surface area contributed by atoms with Crippen molar-refractivity contribution in [3.8, 4) is 0 Å². The Balaban J connectivity index is 1.71. The minimum atomic E-state index is 1.04. The van der Waals surface area contributed by atoms with Gasteiger partial charge in [0.2, 0.25) is 0 Å². The van der Waals surface area contributed by atoms with Crippen LogP contribution < -0.4 is 0 Å². The molecule has 2 aliphatic carbocycles. The standard InChI is InChI=1S/2C5H9.Cu/c2*1-2-4-5-3-1;/h2*1H,2-5H2;. The summed E-state index contributed by atoms with van der Waals surface area (Å²) in [6.45, 7) is 0. The maximum atomic E-state index is 2.41. The average molecular weight is 202 g/mol. The van der Waals surface area contributed by atoms with Gasteiger partial charge in [-0.3, -0.25) is 0 Å². The molecule has 11 heavy (non-hydrogen) atoms. The van der Waals surface area contributed by atoms with E-state index in [1.165, 1.54) is 51.4 Å². The fourth-order valence-corrected chi connectivity index (χ4v) is 4.12. The first-order valence-corrected chi connectivity index (χ1v) is 6.07. The van der Waals surface area contributed by atoms with E-state index in [2.05, 4.69) is 15.0 Å². The van der Waals surface area contributed by atoms with E-state index in [9.17, 15) is 0 Å². The van der Waals surface area contributed by atoms with Crippen LogP contribution in [-0.2, 0) is 15.0 Å². The van der Waals surface area contributed by atoms with Crippen molar-refractivity contribution in [3.63, 3.8) is 0 Å². The van der Waals surface area contributed by atoms with Gasteiger partial charge in [0, 0.05) is 0 Å².